The first-order chi connectivity index (χ1) is 10.3. The number of rotatable bonds is 5. The van der Waals surface area contributed by atoms with Gasteiger partial charge >= 0.3 is 5.97 Å². The summed E-state index contributed by atoms with van der Waals surface area (Å²) in [6.07, 6.45) is 1.31. The normalized spacial score (nSPS) is 10.7. The minimum Gasteiger partial charge on any atom is -0.461 e. The van der Waals surface area contributed by atoms with E-state index in [2.05, 4.69) is 20.5 Å². The quantitative estimate of drug-likeness (QED) is 0.661. The van der Waals surface area contributed by atoms with Gasteiger partial charge in [0.05, 0.1) is 11.5 Å². The van der Waals surface area contributed by atoms with Crippen molar-refractivity contribution in [2.24, 2.45) is 0 Å². The molecule has 0 saturated carbocycles. The van der Waals surface area contributed by atoms with Crippen molar-refractivity contribution < 1.29 is 14.1 Å². The monoisotopic (exact) mass is 305 g/mol. The van der Waals surface area contributed by atoms with Crippen molar-refractivity contribution in [3.05, 3.63) is 35.4 Å². The molecule has 0 N–H and O–H groups in total. The van der Waals surface area contributed by atoms with Crippen molar-refractivity contribution in [1.29, 1.82) is 0 Å². The van der Waals surface area contributed by atoms with Crippen LogP contribution in [0.4, 0.5) is 0 Å². The van der Waals surface area contributed by atoms with Crippen LogP contribution in [-0.2, 0) is 11.3 Å². The lowest BCUT2D eigenvalue weighted by molar-refractivity contribution is 0.0520. The van der Waals surface area contributed by atoms with Gasteiger partial charge in [0, 0.05) is 0 Å². The zero-order chi connectivity index (χ0) is 14.7. The summed E-state index contributed by atoms with van der Waals surface area (Å²) >= 11 is 1.48. The molecule has 3 rings (SSSR count). The van der Waals surface area contributed by atoms with Crippen molar-refractivity contribution in [3.63, 3.8) is 0 Å². The van der Waals surface area contributed by atoms with Gasteiger partial charge in [-0.2, -0.15) is 4.98 Å². The summed E-state index contributed by atoms with van der Waals surface area (Å²) in [5.41, 5.74) is 0.764. The third-order valence-corrected chi connectivity index (χ3v) is 3.53. The molecule has 0 spiro atoms. The molecular formula is C12H11N5O3S. The Hall–Kier alpha value is -2.55. The fraction of sp³-hybridized carbons (Fsp3) is 0.250. The first kappa shape index (κ1) is 13.4. The Bertz CT molecular complexity index is 720. The summed E-state index contributed by atoms with van der Waals surface area (Å²) in [6, 6.07) is 3.77. The third kappa shape index (κ3) is 2.68. The van der Waals surface area contributed by atoms with Crippen molar-refractivity contribution in [3.8, 4) is 10.6 Å². The second-order valence-electron chi connectivity index (χ2n) is 3.98. The van der Waals surface area contributed by atoms with Crippen LogP contribution in [0.3, 0.4) is 0 Å². The molecule has 0 saturated heterocycles. The molecule has 0 aromatic carbocycles. The lowest BCUT2D eigenvalue weighted by Gasteiger charge is -2.04. The zero-order valence-electron chi connectivity index (χ0n) is 11.1. The van der Waals surface area contributed by atoms with Gasteiger partial charge in [-0.25, -0.2) is 9.48 Å². The number of nitrogens with zero attached hydrogens (tertiary/aromatic N) is 5. The van der Waals surface area contributed by atoms with Crippen LogP contribution in [0.5, 0.6) is 0 Å². The van der Waals surface area contributed by atoms with E-state index in [0.29, 0.717) is 11.6 Å². The predicted molar refractivity (Wildman–Crippen MR) is 72.7 cm³/mol. The Morgan fingerprint density at radius 1 is 1.52 bits per heavy atom. The number of esters is 1. The molecule has 0 aliphatic rings. The van der Waals surface area contributed by atoms with Crippen LogP contribution in [0.2, 0.25) is 0 Å². The molecule has 21 heavy (non-hydrogen) atoms. The SMILES string of the molecule is CCOC(=O)c1nnn(Cc2ncno2)c1-c1cccs1. The number of carbonyl (C=O) groups is 1. The van der Waals surface area contributed by atoms with E-state index in [9.17, 15) is 4.79 Å². The van der Waals surface area contributed by atoms with Gasteiger partial charge < -0.3 is 9.26 Å². The van der Waals surface area contributed by atoms with E-state index in [-0.39, 0.29) is 18.8 Å². The minimum atomic E-state index is -0.502. The fourth-order valence-electron chi connectivity index (χ4n) is 1.81. The molecule has 0 aliphatic carbocycles. The summed E-state index contributed by atoms with van der Waals surface area (Å²) in [5.74, 6) is -0.120. The Labute approximate surface area is 123 Å². The van der Waals surface area contributed by atoms with E-state index in [1.165, 1.54) is 17.7 Å². The highest BCUT2D eigenvalue weighted by atomic mass is 32.1. The average Bonchev–Trinajstić information content (AvgIpc) is 3.20. The van der Waals surface area contributed by atoms with Gasteiger partial charge in [0.15, 0.2) is 12.0 Å². The summed E-state index contributed by atoms with van der Waals surface area (Å²) in [6.45, 7) is 2.25. The Morgan fingerprint density at radius 2 is 2.43 bits per heavy atom. The highest BCUT2D eigenvalue weighted by Crippen LogP contribution is 2.27. The van der Waals surface area contributed by atoms with Gasteiger partial charge in [-0.05, 0) is 18.4 Å². The maximum absolute atomic E-state index is 12.0. The highest BCUT2D eigenvalue weighted by Gasteiger charge is 2.23. The highest BCUT2D eigenvalue weighted by molar-refractivity contribution is 7.13. The number of hydrogen-bond donors (Lipinski definition) is 0. The molecule has 0 radical (unpaired) electrons. The minimum absolute atomic E-state index is 0.179. The molecule has 8 nitrogen and oxygen atoms in total. The van der Waals surface area contributed by atoms with Gasteiger partial charge in [-0.15, -0.1) is 16.4 Å². The second kappa shape index (κ2) is 5.83. The molecule has 0 bridgehead atoms. The summed E-state index contributed by atoms with van der Waals surface area (Å²) in [7, 11) is 0. The Balaban J connectivity index is 2.02. The van der Waals surface area contributed by atoms with Crippen LogP contribution >= 0.6 is 11.3 Å². The molecule has 0 unspecified atom stereocenters. The molecule has 0 aliphatic heterocycles. The number of thiophene rings is 1. The van der Waals surface area contributed by atoms with E-state index >= 15 is 0 Å². The number of hydrogen-bond acceptors (Lipinski definition) is 8. The summed E-state index contributed by atoms with van der Waals surface area (Å²) in [4.78, 5) is 16.8. The van der Waals surface area contributed by atoms with Crippen LogP contribution in [0.25, 0.3) is 10.6 Å². The van der Waals surface area contributed by atoms with Gasteiger partial charge in [0.25, 0.3) is 0 Å². The number of ether oxygens (including phenoxy) is 1. The van der Waals surface area contributed by atoms with Crippen molar-refractivity contribution >= 4 is 17.3 Å². The van der Waals surface area contributed by atoms with Gasteiger partial charge in [0.2, 0.25) is 5.89 Å². The molecule has 0 amide bonds. The van der Waals surface area contributed by atoms with E-state index in [1.807, 2.05) is 17.5 Å². The molecule has 0 fully saturated rings. The van der Waals surface area contributed by atoms with Crippen molar-refractivity contribution in [1.82, 2.24) is 25.1 Å². The van der Waals surface area contributed by atoms with E-state index in [4.69, 9.17) is 9.26 Å². The smallest absolute Gasteiger partial charge is 0.361 e. The van der Waals surface area contributed by atoms with E-state index < -0.39 is 5.97 Å². The lowest BCUT2D eigenvalue weighted by atomic mass is 10.2. The van der Waals surface area contributed by atoms with Crippen molar-refractivity contribution in [2.75, 3.05) is 6.61 Å². The summed E-state index contributed by atoms with van der Waals surface area (Å²) < 4.78 is 11.5. The van der Waals surface area contributed by atoms with Crippen LogP contribution in [0.15, 0.2) is 28.4 Å². The molecule has 0 atom stereocenters. The van der Waals surface area contributed by atoms with Gasteiger partial charge in [-0.3, -0.25) is 0 Å². The molecule has 3 aromatic rings. The largest absolute Gasteiger partial charge is 0.461 e. The van der Waals surface area contributed by atoms with Crippen LogP contribution in [-0.4, -0.2) is 37.7 Å². The van der Waals surface area contributed by atoms with E-state index in [0.717, 1.165) is 4.88 Å². The summed E-state index contributed by atoms with van der Waals surface area (Å²) in [5, 5.41) is 13.4. The number of aromatic nitrogens is 5. The maximum atomic E-state index is 12.0. The van der Waals surface area contributed by atoms with Crippen LogP contribution < -0.4 is 0 Å². The van der Waals surface area contributed by atoms with Gasteiger partial charge in [-0.1, -0.05) is 16.4 Å². The second-order valence-corrected chi connectivity index (χ2v) is 4.92. The molecule has 3 heterocycles. The average molecular weight is 305 g/mol. The zero-order valence-corrected chi connectivity index (χ0v) is 11.9. The lowest BCUT2D eigenvalue weighted by Crippen LogP contribution is -2.08. The molecular weight excluding hydrogens is 294 g/mol. The van der Waals surface area contributed by atoms with Crippen LogP contribution in [0.1, 0.15) is 23.3 Å². The van der Waals surface area contributed by atoms with Crippen LogP contribution in [0, 0.1) is 0 Å². The fourth-order valence-corrected chi connectivity index (χ4v) is 2.59. The van der Waals surface area contributed by atoms with E-state index in [1.54, 1.807) is 11.6 Å². The first-order valence-electron chi connectivity index (χ1n) is 6.19. The predicted octanol–water partition coefficient (Wildman–Crippen LogP) is 1.61. The first-order valence-corrected chi connectivity index (χ1v) is 7.07. The molecule has 3 aromatic heterocycles. The Morgan fingerprint density at radius 3 is 3.10 bits per heavy atom. The van der Waals surface area contributed by atoms with Gasteiger partial charge in [0.1, 0.15) is 12.2 Å². The standard InChI is InChI=1S/C12H11N5O3S/c1-2-19-12(18)10-11(8-4-3-5-21-8)17(16-15-10)6-9-13-7-14-20-9/h3-5,7H,2,6H2,1H3. The Kier molecular flexibility index (Phi) is 3.73. The molecule has 108 valence electrons. The van der Waals surface area contributed by atoms with Crippen molar-refractivity contribution in [2.45, 2.75) is 13.5 Å². The molecule has 9 heteroatoms. The topological polar surface area (TPSA) is 95.9 Å². The number of carbonyl (C=O) groups excluding carboxylic acids is 1. The maximum Gasteiger partial charge on any atom is 0.361 e. The third-order valence-electron chi connectivity index (χ3n) is 2.65.